The van der Waals surface area contributed by atoms with Gasteiger partial charge in [0, 0.05) is 23.5 Å². The summed E-state index contributed by atoms with van der Waals surface area (Å²) in [7, 11) is 0. The van der Waals surface area contributed by atoms with Crippen molar-refractivity contribution in [1.82, 2.24) is 15.5 Å². The smallest absolute Gasteiger partial charge is 0.0490 e. The van der Waals surface area contributed by atoms with Crippen molar-refractivity contribution in [3.05, 3.63) is 52.8 Å². The van der Waals surface area contributed by atoms with Gasteiger partial charge in [-0.25, -0.2) is 0 Å². The highest BCUT2D eigenvalue weighted by molar-refractivity contribution is 6.31. The quantitative estimate of drug-likeness (QED) is 0.822. The number of aromatic nitrogens is 2. The Morgan fingerprint density at radius 3 is 2.76 bits per heavy atom. The zero-order valence-corrected chi connectivity index (χ0v) is 10.9. The molecule has 17 heavy (non-hydrogen) atoms. The molecule has 1 aromatic heterocycles. The van der Waals surface area contributed by atoms with E-state index in [2.05, 4.69) is 21.6 Å². The van der Waals surface area contributed by atoms with Crippen molar-refractivity contribution in [2.24, 2.45) is 0 Å². The molecule has 0 aliphatic heterocycles. The van der Waals surface area contributed by atoms with Gasteiger partial charge in [0.1, 0.15) is 0 Å². The monoisotopic (exact) mass is 271 g/mol. The van der Waals surface area contributed by atoms with E-state index in [9.17, 15) is 0 Å². The molecule has 92 valence electrons. The van der Waals surface area contributed by atoms with Crippen molar-refractivity contribution in [2.75, 3.05) is 6.54 Å². The van der Waals surface area contributed by atoms with Gasteiger partial charge in [0.2, 0.25) is 0 Å². The Hall–Kier alpha value is -1.03. The summed E-state index contributed by atoms with van der Waals surface area (Å²) in [6, 6.07) is 9.90. The van der Waals surface area contributed by atoms with Crippen LogP contribution >= 0.6 is 24.0 Å². The summed E-state index contributed by atoms with van der Waals surface area (Å²) in [6.07, 6.45) is 2.69. The number of nitrogens with zero attached hydrogens (tertiary/aromatic N) is 1. The molecule has 1 heterocycles. The van der Waals surface area contributed by atoms with Crippen LogP contribution in [0.15, 0.2) is 36.5 Å². The molecule has 2 aromatic rings. The topological polar surface area (TPSA) is 40.7 Å². The van der Waals surface area contributed by atoms with Gasteiger partial charge in [-0.05, 0) is 30.7 Å². The Morgan fingerprint density at radius 2 is 2.06 bits per heavy atom. The maximum atomic E-state index is 6.06. The first-order valence-electron chi connectivity index (χ1n) is 5.28. The number of hydrogen-bond donors (Lipinski definition) is 2. The molecule has 0 atom stereocenters. The third-order valence-corrected chi connectivity index (χ3v) is 2.77. The molecule has 1 aromatic carbocycles. The predicted molar refractivity (Wildman–Crippen MR) is 72.7 cm³/mol. The van der Waals surface area contributed by atoms with Crippen LogP contribution < -0.4 is 5.32 Å². The molecule has 0 saturated heterocycles. The van der Waals surface area contributed by atoms with E-state index in [0.29, 0.717) is 0 Å². The van der Waals surface area contributed by atoms with Crippen LogP contribution in [0.25, 0.3) is 0 Å². The van der Waals surface area contributed by atoms with Crippen molar-refractivity contribution in [2.45, 2.75) is 13.0 Å². The van der Waals surface area contributed by atoms with E-state index in [1.54, 1.807) is 6.20 Å². The second-order valence-electron chi connectivity index (χ2n) is 3.60. The van der Waals surface area contributed by atoms with Gasteiger partial charge in [-0.2, -0.15) is 5.10 Å². The highest BCUT2D eigenvalue weighted by atomic mass is 35.5. The van der Waals surface area contributed by atoms with E-state index in [0.717, 1.165) is 30.2 Å². The summed E-state index contributed by atoms with van der Waals surface area (Å²) < 4.78 is 0. The SMILES string of the molecule is Cl.Clc1ccccc1CCNCc1ccn[nH]1. The first-order chi connectivity index (χ1) is 7.86. The summed E-state index contributed by atoms with van der Waals surface area (Å²) >= 11 is 6.06. The van der Waals surface area contributed by atoms with Crippen molar-refractivity contribution >= 4 is 24.0 Å². The summed E-state index contributed by atoms with van der Waals surface area (Å²) in [5, 5.41) is 11.0. The second kappa shape index (κ2) is 7.33. The van der Waals surface area contributed by atoms with Gasteiger partial charge in [0.25, 0.3) is 0 Å². The molecule has 3 nitrogen and oxygen atoms in total. The van der Waals surface area contributed by atoms with Crippen LogP contribution in [0.2, 0.25) is 5.02 Å². The van der Waals surface area contributed by atoms with E-state index in [1.165, 1.54) is 5.56 Å². The number of aromatic amines is 1. The van der Waals surface area contributed by atoms with Gasteiger partial charge >= 0.3 is 0 Å². The molecule has 0 spiro atoms. The van der Waals surface area contributed by atoms with Crippen LogP contribution in [0.1, 0.15) is 11.3 Å². The molecule has 2 rings (SSSR count). The van der Waals surface area contributed by atoms with Gasteiger partial charge in [0.05, 0.1) is 0 Å². The molecule has 0 amide bonds. The zero-order valence-electron chi connectivity index (χ0n) is 9.32. The van der Waals surface area contributed by atoms with Crippen molar-refractivity contribution < 1.29 is 0 Å². The number of halogens is 2. The molecular formula is C12H15Cl2N3. The second-order valence-corrected chi connectivity index (χ2v) is 4.01. The van der Waals surface area contributed by atoms with Crippen LogP contribution in [-0.2, 0) is 13.0 Å². The molecule has 0 saturated carbocycles. The standard InChI is InChI=1S/C12H14ClN3.ClH/c13-12-4-2-1-3-10(12)5-7-14-9-11-6-8-15-16-11;/h1-4,6,8,14H,5,7,9H2,(H,15,16);1H. The van der Waals surface area contributed by atoms with Crippen LogP contribution in [0, 0.1) is 0 Å². The molecular weight excluding hydrogens is 257 g/mol. The number of H-pyrrole nitrogens is 1. The minimum Gasteiger partial charge on any atom is -0.311 e. The Balaban J connectivity index is 0.00000144. The molecule has 0 radical (unpaired) electrons. The van der Waals surface area contributed by atoms with E-state index in [-0.39, 0.29) is 12.4 Å². The van der Waals surface area contributed by atoms with E-state index in [4.69, 9.17) is 11.6 Å². The highest BCUT2D eigenvalue weighted by Crippen LogP contribution is 2.14. The lowest BCUT2D eigenvalue weighted by Crippen LogP contribution is -2.17. The Morgan fingerprint density at radius 1 is 1.24 bits per heavy atom. The zero-order chi connectivity index (χ0) is 11.2. The molecule has 0 unspecified atom stereocenters. The Bertz CT molecular complexity index is 429. The van der Waals surface area contributed by atoms with Crippen LogP contribution in [0.4, 0.5) is 0 Å². The Labute approximate surface area is 112 Å². The molecule has 0 fully saturated rings. The normalized spacial score (nSPS) is 9.94. The summed E-state index contributed by atoms with van der Waals surface area (Å²) in [6.45, 7) is 1.72. The third-order valence-electron chi connectivity index (χ3n) is 2.40. The molecule has 0 aliphatic rings. The van der Waals surface area contributed by atoms with Gasteiger partial charge in [-0.3, -0.25) is 5.10 Å². The average molecular weight is 272 g/mol. The highest BCUT2D eigenvalue weighted by Gasteiger charge is 1.98. The largest absolute Gasteiger partial charge is 0.311 e. The summed E-state index contributed by atoms with van der Waals surface area (Å²) in [4.78, 5) is 0. The summed E-state index contributed by atoms with van der Waals surface area (Å²) in [5.41, 5.74) is 2.28. The lowest BCUT2D eigenvalue weighted by molar-refractivity contribution is 0.673. The van der Waals surface area contributed by atoms with Crippen LogP contribution in [0.5, 0.6) is 0 Å². The summed E-state index contributed by atoms with van der Waals surface area (Å²) in [5.74, 6) is 0. The minimum absolute atomic E-state index is 0. The van der Waals surface area contributed by atoms with E-state index in [1.807, 2.05) is 24.3 Å². The molecule has 5 heteroatoms. The number of rotatable bonds is 5. The minimum atomic E-state index is 0. The van der Waals surface area contributed by atoms with E-state index < -0.39 is 0 Å². The molecule has 0 aliphatic carbocycles. The van der Waals surface area contributed by atoms with Crippen LogP contribution in [0.3, 0.4) is 0 Å². The predicted octanol–water partition coefficient (Wildman–Crippen LogP) is 2.82. The van der Waals surface area contributed by atoms with Gasteiger partial charge in [0.15, 0.2) is 0 Å². The Kier molecular flexibility index (Phi) is 6.05. The third kappa shape index (κ3) is 4.38. The van der Waals surface area contributed by atoms with Crippen LogP contribution in [-0.4, -0.2) is 16.7 Å². The maximum Gasteiger partial charge on any atom is 0.0490 e. The van der Waals surface area contributed by atoms with Crippen molar-refractivity contribution in [1.29, 1.82) is 0 Å². The molecule has 0 bridgehead atoms. The number of nitrogens with one attached hydrogen (secondary N) is 2. The average Bonchev–Trinajstić information content (AvgIpc) is 2.79. The number of hydrogen-bond acceptors (Lipinski definition) is 2. The fraction of sp³-hybridized carbons (Fsp3) is 0.250. The maximum absolute atomic E-state index is 6.06. The molecule has 2 N–H and O–H groups in total. The first kappa shape index (κ1) is 14.0. The van der Waals surface area contributed by atoms with Crippen molar-refractivity contribution in [3.63, 3.8) is 0 Å². The fourth-order valence-corrected chi connectivity index (χ4v) is 1.76. The van der Waals surface area contributed by atoms with Gasteiger partial charge in [-0.1, -0.05) is 29.8 Å². The van der Waals surface area contributed by atoms with Gasteiger partial charge in [-0.15, -0.1) is 12.4 Å². The van der Waals surface area contributed by atoms with Crippen molar-refractivity contribution in [3.8, 4) is 0 Å². The lowest BCUT2D eigenvalue weighted by Gasteiger charge is -2.05. The lowest BCUT2D eigenvalue weighted by atomic mass is 10.1. The fourth-order valence-electron chi connectivity index (χ4n) is 1.53. The van der Waals surface area contributed by atoms with E-state index >= 15 is 0 Å². The number of benzene rings is 1. The first-order valence-corrected chi connectivity index (χ1v) is 5.66. The van der Waals surface area contributed by atoms with Gasteiger partial charge < -0.3 is 5.32 Å².